The van der Waals surface area contributed by atoms with Gasteiger partial charge in [-0.3, -0.25) is 4.68 Å². The van der Waals surface area contributed by atoms with Crippen LogP contribution in [0.1, 0.15) is 18.4 Å². The normalized spacial score (nSPS) is 15.7. The second-order valence-corrected chi connectivity index (χ2v) is 10.7. The molecule has 0 spiro atoms. The Morgan fingerprint density at radius 3 is 2.71 bits per heavy atom. The topological polar surface area (TPSA) is 109 Å². The first-order chi connectivity index (χ1) is 14.9. The molecule has 0 radical (unpaired) electrons. The zero-order chi connectivity index (χ0) is 21.6. The van der Waals surface area contributed by atoms with E-state index in [-0.39, 0.29) is 6.04 Å². The molecule has 31 heavy (non-hydrogen) atoms. The van der Waals surface area contributed by atoms with E-state index in [0.29, 0.717) is 4.21 Å². The van der Waals surface area contributed by atoms with Crippen LogP contribution in [0.5, 0.6) is 0 Å². The van der Waals surface area contributed by atoms with Crippen molar-refractivity contribution in [2.75, 3.05) is 18.0 Å². The number of anilines is 1. The molecule has 9 nitrogen and oxygen atoms in total. The minimum Gasteiger partial charge on any atom is -0.356 e. The largest absolute Gasteiger partial charge is 0.356 e. The second-order valence-electron chi connectivity index (χ2n) is 7.87. The Morgan fingerprint density at radius 2 is 2.03 bits per heavy atom. The van der Waals surface area contributed by atoms with Gasteiger partial charge in [-0.2, -0.15) is 5.10 Å². The molecule has 4 aromatic rings. The van der Waals surface area contributed by atoms with Crippen LogP contribution < -0.4 is 9.62 Å². The van der Waals surface area contributed by atoms with Gasteiger partial charge in [0.05, 0.1) is 17.3 Å². The van der Waals surface area contributed by atoms with Gasteiger partial charge in [-0.05, 0) is 42.8 Å². The lowest BCUT2D eigenvalue weighted by molar-refractivity contribution is 0.459. The number of rotatable bonds is 5. The summed E-state index contributed by atoms with van der Waals surface area (Å²) < 4.78 is 30.3. The maximum atomic E-state index is 12.6. The van der Waals surface area contributed by atoms with E-state index in [1.54, 1.807) is 17.1 Å². The molecule has 5 rings (SSSR count). The van der Waals surface area contributed by atoms with E-state index in [1.807, 2.05) is 31.7 Å². The summed E-state index contributed by atoms with van der Waals surface area (Å²) in [6, 6.07) is 3.68. The zero-order valence-corrected chi connectivity index (χ0v) is 18.9. The number of fused-ring (bicyclic) bond motifs is 1. The van der Waals surface area contributed by atoms with Gasteiger partial charge in [0.25, 0.3) is 0 Å². The Bertz CT molecular complexity index is 1330. The highest BCUT2D eigenvalue weighted by Gasteiger charge is 2.27. The van der Waals surface area contributed by atoms with E-state index in [9.17, 15) is 8.42 Å². The summed E-state index contributed by atoms with van der Waals surface area (Å²) in [4.78, 5) is 14.4. The summed E-state index contributed by atoms with van der Waals surface area (Å²) in [7, 11) is -1.59. The van der Waals surface area contributed by atoms with E-state index in [1.165, 1.54) is 11.3 Å². The van der Waals surface area contributed by atoms with Crippen molar-refractivity contribution in [2.45, 2.75) is 30.0 Å². The van der Waals surface area contributed by atoms with Crippen LogP contribution in [0.2, 0.25) is 0 Å². The molecule has 4 aromatic heterocycles. The summed E-state index contributed by atoms with van der Waals surface area (Å²) in [5.74, 6) is 0.867. The third kappa shape index (κ3) is 3.95. The Morgan fingerprint density at radius 1 is 1.23 bits per heavy atom. The van der Waals surface area contributed by atoms with Gasteiger partial charge >= 0.3 is 0 Å². The monoisotopic (exact) mass is 457 g/mol. The van der Waals surface area contributed by atoms with E-state index >= 15 is 0 Å². The number of sulfonamides is 1. The molecule has 0 aliphatic carbocycles. The van der Waals surface area contributed by atoms with Crippen molar-refractivity contribution in [3.63, 3.8) is 0 Å². The summed E-state index contributed by atoms with van der Waals surface area (Å²) in [6.07, 6.45) is 6.76. The van der Waals surface area contributed by atoms with Gasteiger partial charge in [0.1, 0.15) is 22.0 Å². The predicted octanol–water partition coefficient (Wildman–Crippen LogP) is 2.68. The van der Waals surface area contributed by atoms with E-state index in [4.69, 9.17) is 0 Å². The van der Waals surface area contributed by atoms with Crippen LogP contribution in [0.4, 0.5) is 5.82 Å². The fourth-order valence-electron chi connectivity index (χ4n) is 3.93. The Balaban J connectivity index is 1.32. The predicted molar refractivity (Wildman–Crippen MR) is 121 cm³/mol. The van der Waals surface area contributed by atoms with Crippen molar-refractivity contribution in [3.05, 3.63) is 41.8 Å². The van der Waals surface area contributed by atoms with Gasteiger partial charge < -0.3 is 9.88 Å². The van der Waals surface area contributed by atoms with Crippen molar-refractivity contribution in [1.29, 1.82) is 0 Å². The summed E-state index contributed by atoms with van der Waals surface area (Å²) >= 11 is 1.26. The molecule has 0 unspecified atom stereocenters. The Hall–Kier alpha value is -2.76. The number of aryl methyl sites for hydroxylation is 2. The number of H-pyrrole nitrogens is 1. The van der Waals surface area contributed by atoms with Gasteiger partial charge in [0, 0.05) is 37.9 Å². The van der Waals surface area contributed by atoms with Gasteiger partial charge in [0.15, 0.2) is 0 Å². The maximum absolute atomic E-state index is 12.6. The number of aromatic amines is 1. The van der Waals surface area contributed by atoms with Crippen LogP contribution in [0.15, 0.2) is 40.4 Å². The first-order valence-electron chi connectivity index (χ1n) is 10.0. The average molecular weight is 458 g/mol. The highest BCUT2D eigenvalue weighted by molar-refractivity contribution is 7.91. The highest BCUT2D eigenvalue weighted by atomic mass is 32.2. The standard InChI is InChI=1S/C20H23N7O2S2/c1-13-7-18(30-11-13)31(28,29)25-15-3-5-27(6-4-15)20-16-8-17(14-9-23-26(2)10-14)24-19(16)21-12-22-20/h7-12,15,25H,3-6H2,1-2H3,(H,21,22,24). The van der Waals surface area contributed by atoms with Crippen molar-refractivity contribution in [3.8, 4) is 11.3 Å². The lowest BCUT2D eigenvalue weighted by atomic mass is 10.1. The number of hydrogen-bond acceptors (Lipinski definition) is 7. The third-order valence-electron chi connectivity index (χ3n) is 5.51. The first kappa shape index (κ1) is 20.2. The molecule has 1 saturated heterocycles. The van der Waals surface area contributed by atoms with Gasteiger partial charge in [-0.15, -0.1) is 11.3 Å². The molecule has 1 aliphatic heterocycles. The molecular weight excluding hydrogens is 434 g/mol. The molecule has 0 bridgehead atoms. The molecule has 2 N–H and O–H groups in total. The molecule has 0 atom stereocenters. The van der Waals surface area contributed by atoms with Crippen LogP contribution in [-0.4, -0.2) is 52.3 Å². The Labute approximate surface area is 184 Å². The third-order valence-corrected chi connectivity index (χ3v) is 8.59. The lowest BCUT2D eigenvalue weighted by Crippen LogP contribution is -2.44. The average Bonchev–Trinajstić information content (AvgIpc) is 3.47. The lowest BCUT2D eigenvalue weighted by Gasteiger charge is -2.33. The van der Waals surface area contributed by atoms with Gasteiger partial charge in [-0.25, -0.2) is 23.1 Å². The number of hydrogen-bond donors (Lipinski definition) is 2. The molecule has 0 amide bonds. The van der Waals surface area contributed by atoms with Crippen LogP contribution in [0.3, 0.4) is 0 Å². The van der Waals surface area contributed by atoms with Crippen molar-refractivity contribution in [1.82, 2.24) is 29.5 Å². The van der Waals surface area contributed by atoms with Gasteiger partial charge in [0.2, 0.25) is 10.0 Å². The van der Waals surface area contributed by atoms with Crippen LogP contribution >= 0.6 is 11.3 Å². The molecule has 1 aliphatic rings. The quantitative estimate of drug-likeness (QED) is 0.477. The second kappa shape index (κ2) is 7.74. The maximum Gasteiger partial charge on any atom is 0.250 e. The van der Waals surface area contributed by atoms with Gasteiger partial charge in [-0.1, -0.05) is 0 Å². The summed E-state index contributed by atoms with van der Waals surface area (Å²) in [6.45, 7) is 3.34. The van der Waals surface area contributed by atoms with Crippen LogP contribution in [-0.2, 0) is 17.1 Å². The molecule has 0 aromatic carbocycles. The summed E-state index contributed by atoms with van der Waals surface area (Å²) in [5.41, 5.74) is 3.67. The van der Waals surface area contributed by atoms with Crippen LogP contribution in [0, 0.1) is 6.92 Å². The van der Waals surface area contributed by atoms with E-state index < -0.39 is 10.0 Å². The van der Waals surface area contributed by atoms with Crippen molar-refractivity contribution in [2.24, 2.45) is 7.05 Å². The van der Waals surface area contributed by atoms with Crippen LogP contribution in [0.25, 0.3) is 22.3 Å². The number of thiophene rings is 1. The fraction of sp³-hybridized carbons (Fsp3) is 0.350. The summed E-state index contributed by atoms with van der Waals surface area (Å²) in [5, 5.41) is 7.04. The van der Waals surface area contributed by atoms with E-state index in [0.717, 1.165) is 59.6 Å². The minimum atomic E-state index is -3.47. The fourth-order valence-corrected chi connectivity index (χ4v) is 6.48. The Kier molecular flexibility index (Phi) is 5.03. The van der Waals surface area contributed by atoms with Crippen molar-refractivity contribution >= 4 is 38.2 Å². The zero-order valence-electron chi connectivity index (χ0n) is 17.2. The number of nitrogens with one attached hydrogen (secondary N) is 2. The SMILES string of the molecule is Cc1csc(S(=O)(=O)NC2CCN(c3ncnc4[nH]c(-c5cnn(C)c5)cc34)CC2)c1. The molecule has 0 saturated carbocycles. The highest BCUT2D eigenvalue weighted by Crippen LogP contribution is 2.30. The van der Waals surface area contributed by atoms with E-state index in [2.05, 4.69) is 35.7 Å². The molecule has 1 fully saturated rings. The number of aromatic nitrogens is 5. The van der Waals surface area contributed by atoms with Crippen molar-refractivity contribution < 1.29 is 8.42 Å². The number of piperidine rings is 1. The first-order valence-corrected chi connectivity index (χ1v) is 12.4. The minimum absolute atomic E-state index is 0.0850. The molecular formula is C20H23N7O2S2. The molecule has 5 heterocycles. The smallest absolute Gasteiger partial charge is 0.250 e. The molecule has 11 heteroatoms. The molecule has 162 valence electrons. The number of nitrogens with zero attached hydrogens (tertiary/aromatic N) is 5.